The average molecular weight is 483 g/mol. The summed E-state index contributed by atoms with van der Waals surface area (Å²) in [5.74, 6) is -2.35. The summed E-state index contributed by atoms with van der Waals surface area (Å²) < 4.78 is 27.7. The molecule has 1 amide bonds. The second-order valence-corrected chi connectivity index (χ2v) is 10.6. The van der Waals surface area contributed by atoms with Crippen LogP contribution in [0, 0.1) is 23.7 Å². The molecule has 0 unspecified atom stereocenters. The van der Waals surface area contributed by atoms with Gasteiger partial charge in [-0.15, -0.1) is 0 Å². The summed E-state index contributed by atoms with van der Waals surface area (Å²) in [6.07, 6.45) is 2.48. The highest BCUT2D eigenvalue weighted by Gasteiger charge is 2.53. The van der Waals surface area contributed by atoms with Gasteiger partial charge in [0.2, 0.25) is 5.91 Å². The Morgan fingerprint density at radius 3 is 2.06 bits per heavy atom. The number of fused-ring (bicyclic) bond motifs is 2. The Balaban J connectivity index is 1.46. The lowest BCUT2D eigenvalue weighted by atomic mass is 9.78. The third-order valence-corrected chi connectivity index (χ3v) is 7.88. The molecule has 2 bridgehead atoms. The number of carbonyl (C=O) groups excluding carboxylic acids is 1. The van der Waals surface area contributed by atoms with Crippen LogP contribution in [0.15, 0.2) is 47.4 Å². The quantitative estimate of drug-likeness (QED) is 0.561. The van der Waals surface area contributed by atoms with Crippen molar-refractivity contribution in [2.24, 2.45) is 23.7 Å². The predicted molar refractivity (Wildman–Crippen MR) is 118 cm³/mol. The fraction of sp³-hybridized carbons (Fsp3) is 0.333. The molecule has 0 aromatic heterocycles. The van der Waals surface area contributed by atoms with E-state index in [4.69, 9.17) is 23.2 Å². The first-order valence-electron chi connectivity index (χ1n) is 9.77. The highest BCUT2D eigenvalue weighted by Crippen LogP contribution is 2.52. The molecule has 4 rings (SSSR count). The van der Waals surface area contributed by atoms with Gasteiger partial charge in [-0.2, -0.15) is 0 Å². The van der Waals surface area contributed by atoms with Gasteiger partial charge in [0.25, 0.3) is 10.0 Å². The molecule has 2 aliphatic carbocycles. The third kappa shape index (κ3) is 4.51. The van der Waals surface area contributed by atoms with Crippen LogP contribution in [0.3, 0.4) is 0 Å². The van der Waals surface area contributed by atoms with Crippen molar-refractivity contribution in [3.63, 3.8) is 0 Å². The number of rotatable bonds is 6. The van der Waals surface area contributed by atoms with Gasteiger partial charge < -0.3 is 10.4 Å². The summed E-state index contributed by atoms with van der Waals surface area (Å²) in [5.41, 5.74) is 0.632. The largest absolute Gasteiger partial charge is 0.481 e. The van der Waals surface area contributed by atoms with E-state index < -0.39 is 27.8 Å². The number of carboxylic acids is 1. The van der Waals surface area contributed by atoms with Crippen molar-refractivity contribution in [2.75, 3.05) is 10.0 Å². The molecular formula is C21H20Cl2N2O5S. The number of carboxylic acid groups (broad SMARTS) is 1. The molecule has 4 atom stereocenters. The van der Waals surface area contributed by atoms with Crippen LogP contribution in [0.25, 0.3) is 0 Å². The molecule has 31 heavy (non-hydrogen) atoms. The zero-order chi connectivity index (χ0) is 22.3. The number of anilines is 2. The van der Waals surface area contributed by atoms with Crippen molar-refractivity contribution in [3.05, 3.63) is 52.5 Å². The number of halogens is 2. The van der Waals surface area contributed by atoms with Crippen molar-refractivity contribution in [3.8, 4) is 0 Å². The Bertz CT molecular complexity index is 1120. The number of aliphatic carboxylic acids is 1. The fourth-order valence-corrected chi connectivity index (χ4v) is 6.36. The van der Waals surface area contributed by atoms with Crippen LogP contribution >= 0.6 is 23.2 Å². The summed E-state index contributed by atoms with van der Waals surface area (Å²) in [6, 6.07) is 10.0. The van der Waals surface area contributed by atoms with E-state index in [0.29, 0.717) is 15.7 Å². The lowest BCUT2D eigenvalue weighted by Crippen LogP contribution is -2.37. The normalized spacial score (nSPS) is 24.7. The average Bonchev–Trinajstić information content (AvgIpc) is 3.28. The Hall–Kier alpha value is -2.29. The number of carbonyl (C=O) groups is 2. The van der Waals surface area contributed by atoms with E-state index >= 15 is 0 Å². The second kappa shape index (κ2) is 8.33. The standard InChI is InChI=1S/C21H20Cl2N2O5S/c22-13-8-14(23)10-16(9-13)25-31(29,30)17-5-3-15(4-6-17)24-20(26)18-11-1-2-12(7-11)19(18)21(27)28/h3-6,8-12,18-19,25H,1-2,7H2,(H,24,26)(H,27,28)/t11-,12+,18-,19+/m1/s1. The minimum absolute atomic E-state index is 0.00932. The molecule has 2 saturated carbocycles. The van der Waals surface area contributed by atoms with Gasteiger partial charge in [-0.3, -0.25) is 14.3 Å². The van der Waals surface area contributed by atoms with E-state index in [9.17, 15) is 23.1 Å². The maximum Gasteiger partial charge on any atom is 0.307 e. The molecule has 0 spiro atoms. The molecule has 7 nitrogen and oxygen atoms in total. The molecule has 0 radical (unpaired) electrons. The molecule has 164 valence electrons. The first kappa shape index (κ1) is 21.9. The van der Waals surface area contributed by atoms with Gasteiger partial charge in [0.05, 0.1) is 22.4 Å². The van der Waals surface area contributed by atoms with E-state index in [-0.39, 0.29) is 28.3 Å². The van der Waals surface area contributed by atoms with Crippen LogP contribution in [0.4, 0.5) is 11.4 Å². The number of nitrogens with one attached hydrogen (secondary N) is 2. The number of hydrogen-bond donors (Lipinski definition) is 3. The molecule has 2 aliphatic rings. The SMILES string of the molecule is O=C(Nc1ccc(S(=O)(=O)Nc2cc(Cl)cc(Cl)c2)cc1)[C@@H]1[C@@H]2CC[C@@H](C2)[C@@H]1C(=O)O. The summed E-state index contributed by atoms with van der Waals surface area (Å²) in [6.45, 7) is 0. The van der Waals surface area contributed by atoms with E-state index in [1.165, 1.54) is 42.5 Å². The van der Waals surface area contributed by atoms with Gasteiger partial charge in [0, 0.05) is 15.7 Å². The van der Waals surface area contributed by atoms with E-state index in [2.05, 4.69) is 10.0 Å². The van der Waals surface area contributed by atoms with Crippen LogP contribution in [-0.2, 0) is 19.6 Å². The molecule has 2 fully saturated rings. The van der Waals surface area contributed by atoms with Crippen molar-refractivity contribution < 1.29 is 23.1 Å². The van der Waals surface area contributed by atoms with Crippen LogP contribution in [0.2, 0.25) is 10.0 Å². The first-order valence-corrected chi connectivity index (χ1v) is 12.0. The number of benzene rings is 2. The summed E-state index contributed by atoms with van der Waals surface area (Å²) >= 11 is 11.8. The van der Waals surface area contributed by atoms with Gasteiger partial charge in [-0.1, -0.05) is 23.2 Å². The first-order chi connectivity index (χ1) is 14.6. The molecule has 2 aromatic rings. The molecule has 0 saturated heterocycles. The topological polar surface area (TPSA) is 113 Å². The second-order valence-electron chi connectivity index (χ2n) is 8.00. The number of amides is 1. The van der Waals surface area contributed by atoms with Crippen LogP contribution in [0.1, 0.15) is 19.3 Å². The summed E-state index contributed by atoms with van der Waals surface area (Å²) in [5, 5.41) is 12.9. The lowest BCUT2D eigenvalue weighted by molar-refractivity contribution is -0.148. The molecule has 3 N–H and O–H groups in total. The Morgan fingerprint density at radius 1 is 0.903 bits per heavy atom. The Kier molecular flexibility index (Phi) is 5.89. The molecule has 10 heteroatoms. The zero-order valence-electron chi connectivity index (χ0n) is 16.2. The zero-order valence-corrected chi connectivity index (χ0v) is 18.5. The summed E-state index contributed by atoms with van der Waals surface area (Å²) in [4.78, 5) is 24.4. The molecule has 0 heterocycles. The minimum atomic E-state index is -3.89. The number of sulfonamides is 1. The smallest absolute Gasteiger partial charge is 0.307 e. The van der Waals surface area contributed by atoms with Crippen molar-refractivity contribution in [1.82, 2.24) is 0 Å². The third-order valence-electron chi connectivity index (χ3n) is 6.05. The lowest BCUT2D eigenvalue weighted by Gasteiger charge is -2.27. The van der Waals surface area contributed by atoms with Crippen LogP contribution < -0.4 is 10.0 Å². The van der Waals surface area contributed by atoms with E-state index in [1.807, 2.05) is 0 Å². The van der Waals surface area contributed by atoms with E-state index in [1.54, 1.807) is 0 Å². The maximum atomic E-state index is 12.8. The predicted octanol–water partition coefficient (Wildman–Crippen LogP) is 4.48. The molecular weight excluding hydrogens is 463 g/mol. The summed E-state index contributed by atoms with van der Waals surface area (Å²) in [7, 11) is -3.89. The van der Waals surface area contributed by atoms with Crippen molar-refractivity contribution in [2.45, 2.75) is 24.2 Å². The maximum absolute atomic E-state index is 12.8. The van der Waals surface area contributed by atoms with Crippen LogP contribution in [0.5, 0.6) is 0 Å². The minimum Gasteiger partial charge on any atom is -0.481 e. The van der Waals surface area contributed by atoms with Gasteiger partial charge >= 0.3 is 5.97 Å². The Labute approximate surface area is 189 Å². The van der Waals surface area contributed by atoms with Crippen LogP contribution in [-0.4, -0.2) is 25.4 Å². The molecule has 2 aromatic carbocycles. The Morgan fingerprint density at radius 2 is 1.48 bits per heavy atom. The van der Waals surface area contributed by atoms with Gasteiger partial charge in [0.1, 0.15) is 0 Å². The van der Waals surface area contributed by atoms with Gasteiger partial charge in [-0.25, -0.2) is 8.42 Å². The number of hydrogen-bond acceptors (Lipinski definition) is 4. The highest BCUT2D eigenvalue weighted by molar-refractivity contribution is 7.92. The highest BCUT2D eigenvalue weighted by atomic mass is 35.5. The van der Waals surface area contributed by atoms with Crippen molar-refractivity contribution in [1.29, 1.82) is 0 Å². The monoisotopic (exact) mass is 482 g/mol. The fourth-order valence-electron chi connectivity index (χ4n) is 4.79. The van der Waals surface area contributed by atoms with Gasteiger partial charge in [-0.05, 0) is 73.6 Å². The van der Waals surface area contributed by atoms with E-state index in [0.717, 1.165) is 19.3 Å². The van der Waals surface area contributed by atoms with Gasteiger partial charge in [0.15, 0.2) is 0 Å². The molecule has 0 aliphatic heterocycles. The van der Waals surface area contributed by atoms with Crippen molar-refractivity contribution >= 4 is 56.5 Å².